The second kappa shape index (κ2) is 28.9. The fourth-order valence-corrected chi connectivity index (χ4v) is 10.7. The number of ketones is 4. The molecule has 4 rings (SSSR count). The molecule has 0 spiro atoms. The lowest BCUT2D eigenvalue weighted by Gasteiger charge is -2.40. The highest BCUT2D eigenvalue weighted by Crippen LogP contribution is 2.38. The van der Waals surface area contributed by atoms with Crippen molar-refractivity contribution in [2.75, 3.05) is 27.9 Å². The molecule has 0 aromatic carbocycles. The van der Waals surface area contributed by atoms with Crippen molar-refractivity contribution in [1.29, 1.82) is 0 Å². The number of piperidine rings is 1. The van der Waals surface area contributed by atoms with Gasteiger partial charge in [0.2, 0.25) is 5.79 Å². The van der Waals surface area contributed by atoms with E-state index in [1.807, 2.05) is 78.0 Å². The zero-order valence-electron chi connectivity index (χ0n) is 44.9. The number of aliphatic hydroxyl groups is 1. The van der Waals surface area contributed by atoms with Crippen molar-refractivity contribution in [1.82, 2.24) is 9.91 Å². The topological polar surface area (TPSA) is 171 Å². The van der Waals surface area contributed by atoms with Crippen LogP contribution in [0.25, 0.3) is 0 Å². The Labute approximate surface area is 420 Å². The lowest BCUT2D eigenvalue weighted by molar-refractivity contribution is -0.242. The van der Waals surface area contributed by atoms with Crippen LogP contribution in [-0.2, 0) is 47.7 Å². The lowest BCUT2D eigenvalue weighted by Crippen LogP contribution is -2.58. The standard InChI is InChI=1S/C54H83N3O11.C2H6/c1-14-57(55-10)43-24-23-40(30-47(43)65-12)28-36(6)41-31-44(58)37(7)27-38(8)50-51(66-13)49(60)48(67-50)26-34(4)20-16-15-17-21-35(5)46(64-11)29-39(9)68-54(63,33(2)3)52(61)53(62)56-25-19-18-22-42(56)45(59)32-41;1-2/h14-17,20-21,27,33-34,36-37,39-43,46-48,50-51,63H,1,10,18-19,22-26,28-32H2,2-9,11-13H3;1-2H3/b17-15+,20-16+,35-21+,38-27+;/t34-,36-,37-,39+,40+,41-,42+,43+,46+,47-,48?,50-,51?,54-;/m1./s1. The normalized spacial score (nSPS) is 36.7. The van der Waals surface area contributed by atoms with Crippen molar-refractivity contribution in [3.8, 4) is 0 Å². The van der Waals surface area contributed by atoms with E-state index in [-0.39, 0.29) is 73.1 Å². The fraction of sp³-hybridized carbons (Fsp3) is 0.714. The van der Waals surface area contributed by atoms with Gasteiger partial charge in [0, 0.05) is 71.9 Å². The summed E-state index contributed by atoms with van der Waals surface area (Å²) in [5.41, 5.74) is 1.59. The number of carbonyl (C=O) groups is 5. The number of nitrogens with zero attached hydrogens (tertiary/aromatic N) is 3. The summed E-state index contributed by atoms with van der Waals surface area (Å²) in [7, 11) is 4.76. The van der Waals surface area contributed by atoms with Crippen LogP contribution in [0.5, 0.6) is 0 Å². The molecule has 1 saturated carbocycles. The van der Waals surface area contributed by atoms with Gasteiger partial charge in [-0.15, -0.1) is 0 Å². The van der Waals surface area contributed by atoms with E-state index in [1.54, 1.807) is 46.2 Å². The predicted molar refractivity (Wildman–Crippen MR) is 275 cm³/mol. The number of ether oxygens (including phenoxy) is 5. The Hall–Kier alpha value is -3.92. The molecular formula is C56H89N3O11. The summed E-state index contributed by atoms with van der Waals surface area (Å²) in [6.45, 7) is 26.4. The molecule has 1 amide bonds. The Morgan fingerprint density at radius 3 is 2.20 bits per heavy atom. The Kier molecular flexibility index (Phi) is 25.0. The third kappa shape index (κ3) is 15.8. The van der Waals surface area contributed by atoms with E-state index < -0.39 is 71.8 Å². The molecule has 0 aromatic rings. The zero-order valence-corrected chi connectivity index (χ0v) is 44.9. The monoisotopic (exact) mass is 980 g/mol. The molecule has 0 radical (unpaired) electrons. The van der Waals surface area contributed by atoms with E-state index in [9.17, 15) is 29.1 Å². The van der Waals surface area contributed by atoms with Crippen LogP contribution in [0.1, 0.15) is 140 Å². The summed E-state index contributed by atoms with van der Waals surface area (Å²) >= 11 is 0. The Morgan fingerprint density at radius 2 is 1.59 bits per heavy atom. The largest absolute Gasteiger partial charge is 0.379 e. The molecule has 3 fully saturated rings. The second-order valence-electron chi connectivity index (χ2n) is 20.3. The molecular weight excluding hydrogens is 891 g/mol. The molecule has 2 bridgehead atoms. The van der Waals surface area contributed by atoms with Crippen molar-refractivity contribution in [2.24, 2.45) is 40.6 Å². The Balaban J connectivity index is 0.00000639. The van der Waals surface area contributed by atoms with Gasteiger partial charge >= 0.3 is 0 Å². The van der Waals surface area contributed by atoms with E-state index in [0.29, 0.717) is 25.7 Å². The molecule has 0 aromatic heterocycles. The van der Waals surface area contributed by atoms with Crippen molar-refractivity contribution in [2.45, 2.75) is 194 Å². The maximum atomic E-state index is 14.7. The number of carbonyl (C=O) groups excluding carboxylic acids is 5. The molecule has 1 N–H and O–H groups in total. The number of Topliss-reactive ketones (excluding diaryl/α,β-unsaturated/α-hetero) is 4. The lowest BCUT2D eigenvalue weighted by atomic mass is 9.73. The van der Waals surface area contributed by atoms with Gasteiger partial charge in [0.25, 0.3) is 11.7 Å². The summed E-state index contributed by atoms with van der Waals surface area (Å²) in [5.74, 6) is -6.58. The third-order valence-electron chi connectivity index (χ3n) is 15.0. The number of fused-ring (bicyclic) bond motifs is 3. The van der Waals surface area contributed by atoms with Crippen LogP contribution in [0.3, 0.4) is 0 Å². The van der Waals surface area contributed by atoms with Crippen LogP contribution < -0.4 is 0 Å². The van der Waals surface area contributed by atoms with Crippen molar-refractivity contribution in [3.05, 3.63) is 60.4 Å². The minimum Gasteiger partial charge on any atom is -0.379 e. The minimum atomic E-state index is -2.46. The van der Waals surface area contributed by atoms with Gasteiger partial charge < -0.3 is 33.7 Å². The molecule has 1 aliphatic carbocycles. The van der Waals surface area contributed by atoms with Gasteiger partial charge in [-0.3, -0.25) is 29.0 Å². The summed E-state index contributed by atoms with van der Waals surface area (Å²) < 4.78 is 30.0. The van der Waals surface area contributed by atoms with Crippen molar-refractivity contribution < 1.29 is 52.8 Å². The van der Waals surface area contributed by atoms with E-state index in [1.165, 1.54) is 12.0 Å². The van der Waals surface area contributed by atoms with Crippen LogP contribution in [0.4, 0.5) is 0 Å². The van der Waals surface area contributed by atoms with Gasteiger partial charge in [-0.2, -0.15) is 5.10 Å². The maximum absolute atomic E-state index is 14.7. The van der Waals surface area contributed by atoms with E-state index in [0.717, 1.165) is 36.8 Å². The molecule has 14 atom stereocenters. The Morgan fingerprint density at radius 1 is 0.900 bits per heavy atom. The summed E-state index contributed by atoms with van der Waals surface area (Å²) in [6.07, 6.45) is 15.3. The number of hydrogen-bond donors (Lipinski definition) is 1. The molecule has 394 valence electrons. The van der Waals surface area contributed by atoms with E-state index in [2.05, 4.69) is 25.3 Å². The maximum Gasteiger partial charge on any atom is 0.296 e. The average Bonchev–Trinajstić information content (AvgIpc) is 3.66. The van der Waals surface area contributed by atoms with E-state index in [4.69, 9.17) is 23.7 Å². The quantitative estimate of drug-likeness (QED) is 0.0956. The van der Waals surface area contributed by atoms with Crippen molar-refractivity contribution >= 4 is 35.8 Å². The SMILES string of the molecule is C=CN(N=C)[C@H]1CC[C@@H](C[C@@H](C)[C@@H]2CC(=O)[C@H](C)/C=C(\C)[C@H]3OC(C[C@H](C)/C=C/C=C/C=C(\C)[C@@H](OC)C[C@H](C)O[C@](O)(C(C)C)C(=O)C(=O)N4CCCC[C@H]4C(=O)C2)C(=O)C3OC)C[C@H]1OC.CC. The van der Waals surface area contributed by atoms with Crippen LogP contribution in [0, 0.1) is 35.5 Å². The number of allylic oxidation sites excluding steroid dienone is 6. The highest BCUT2D eigenvalue weighted by molar-refractivity contribution is 6.39. The summed E-state index contributed by atoms with van der Waals surface area (Å²) in [6, 6.07) is -0.925. The highest BCUT2D eigenvalue weighted by Gasteiger charge is 2.50. The number of rotatable bonds is 10. The van der Waals surface area contributed by atoms with E-state index >= 15 is 0 Å². The predicted octanol–water partition coefficient (Wildman–Crippen LogP) is 8.96. The average molecular weight is 980 g/mol. The molecule has 4 aliphatic rings. The first kappa shape index (κ1) is 60.4. The first-order valence-corrected chi connectivity index (χ1v) is 25.9. The van der Waals surface area contributed by atoms with Crippen LogP contribution in [-0.4, -0.2) is 133 Å². The molecule has 2 unspecified atom stereocenters. The third-order valence-corrected chi connectivity index (χ3v) is 15.0. The zero-order chi connectivity index (χ0) is 52.5. The van der Waals surface area contributed by atoms with Crippen LogP contribution in [0.15, 0.2) is 65.5 Å². The first-order chi connectivity index (χ1) is 33.2. The van der Waals surface area contributed by atoms with Gasteiger partial charge in [-0.25, -0.2) is 0 Å². The summed E-state index contributed by atoms with van der Waals surface area (Å²) in [4.78, 5) is 72.7. The number of hydrogen-bond acceptors (Lipinski definition) is 13. The molecule has 3 aliphatic heterocycles. The number of hydrazone groups is 1. The van der Waals surface area contributed by atoms with Gasteiger partial charge in [0.15, 0.2) is 11.6 Å². The molecule has 2 saturated heterocycles. The molecule has 70 heavy (non-hydrogen) atoms. The number of methoxy groups -OCH3 is 3. The van der Waals surface area contributed by atoms with Gasteiger partial charge in [0.05, 0.1) is 30.4 Å². The summed E-state index contributed by atoms with van der Waals surface area (Å²) in [5, 5.41) is 17.8. The fourth-order valence-electron chi connectivity index (χ4n) is 10.7. The Bertz CT molecular complexity index is 1880. The highest BCUT2D eigenvalue weighted by atomic mass is 16.6. The second-order valence-corrected chi connectivity index (χ2v) is 20.3. The molecule has 14 heteroatoms. The van der Waals surface area contributed by atoms with Crippen LogP contribution in [0.2, 0.25) is 0 Å². The number of amides is 1. The van der Waals surface area contributed by atoms with Crippen molar-refractivity contribution in [3.63, 3.8) is 0 Å². The first-order valence-electron chi connectivity index (χ1n) is 25.9. The van der Waals surface area contributed by atoms with Gasteiger partial charge in [-0.1, -0.05) is 91.5 Å². The van der Waals surface area contributed by atoms with Gasteiger partial charge in [0.1, 0.15) is 24.1 Å². The smallest absolute Gasteiger partial charge is 0.296 e. The van der Waals surface area contributed by atoms with Gasteiger partial charge in [-0.05, 0) is 107 Å². The molecule has 3 heterocycles. The molecule has 14 nitrogen and oxygen atoms in total. The van der Waals surface area contributed by atoms with Crippen LogP contribution >= 0.6 is 0 Å². The minimum absolute atomic E-state index is 0.00526.